The lowest BCUT2D eigenvalue weighted by molar-refractivity contribution is -0.670. The SMILES string of the molecule is C=Cc1ccc(-n2cc[n+](C)c2)cc1.F[B-](F)(F)F. The maximum atomic E-state index is 9.75. The topological polar surface area (TPSA) is 8.81 Å². The first kappa shape index (κ1) is 15.0. The minimum absolute atomic E-state index is 1.14. The van der Waals surface area contributed by atoms with E-state index in [0.29, 0.717) is 0 Å². The van der Waals surface area contributed by atoms with Crippen LogP contribution in [0.1, 0.15) is 5.56 Å². The van der Waals surface area contributed by atoms with Gasteiger partial charge in [0.2, 0.25) is 6.33 Å². The summed E-state index contributed by atoms with van der Waals surface area (Å²) in [6, 6.07) is 8.28. The summed E-state index contributed by atoms with van der Waals surface area (Å²) in [5.41, 5.74) is 2.31. The minimum atomic E-state index is -6.00. The number of halogens is 4. The highest BCUT2D eigenvalue weighted by atomic mass is 19.5. The van der Waals surface area contributed by atoms with Crippen LogP contribution >= 0.6 is 0 Å². The Morgan fingerprint density at radius 2 is 1.68 bits per heavy atom. The molecule has 0 aliphatic rings. The van der Waals surface area contributed by atoms with Gasteiger partial charge in [0, 0.05) is 0 Å². The van der Waals surface area contributed by atoms with E-state index in [2.05, 4.69) is 35.4 Å². The highest BCUT2D eigenvalue weighted by molar-refractivity contribution is 6.50. The molecule has 0 aliphatic carbocycles. The minimum Gasteiger partial charge on any atom is -0.418 e. The van der Waals surface area contributed by atoms with Crippen LogP contribution in [0.25, 0.3) is 11.8 Å². The second-order valence-electron chi connectivity index (χ2n) is 3.78. The Kier molecular flexibility index (Phi) is 4.91. The normalized spacial score (nSPS) is 10.6. The fraction of sp³-hybridized carbons (Fsp3) is 0.0833. The fourth-order valence-electron chi connectivity index (χ4n) is 1.39. The fourth-order valence-corrected chi connectivity index (χ4v) is 1.39. The number of hydrogen-bond acceptors (Lipinski definition) is 0. The van der Waals surface area contributed by atoms with Crippen molar-refractivity contribution in [3.8, 4) is 5.69 Å². The molecule has 0 atom stereocenters. The molecule has 2 aromatic rings. The van der Waals surface area contributed by atoms with E-state index in [1.165, 1.54) is 0 Å². The van der Waals surface area contributed by atoms with Gasteiger partial charge in [-0.2, -0.15) is 0 Å². The molecular formula is C12H13BF4N2. The molecule has 0 fully saturated rings. The maximum absolute atomic E-state index is 9.75. The van der Waals surface area contributed by atoms with Gasteiger partial charge in [-0.1, -0.05) is 24.8 Å². The second kappa shape index (κ2) is 6.22. The van der Waals surface area contributed by atoms with E-state index in [-0.39, 0.29) is 0 Å². The zero-order valence-corrected chi connectivity index (χ0v) is 10.3. The molecule has 19 heavy (non-hydrogen) atoms. The summed E-state index contributed by atoms with van der Waals surface area (Å²) in [4.78, 5) is 0. The lowest BCUT2D eigenvalue weighted by atomic mass is 10.2. The van der Waals surface area contributed by atoms with E-state index in [1.54, 1.807) is 0 Å². The first-order chi connectivity index (χ1) is 8.79. The van der Waals surface area contributed by atoms with Gasteiger partial charge in [-0.3, -0.25) is 0 Å². The van der Waals surface area contributed by atoms with E-state index in [0.717, 1.165) is 11.3 Å². The Bertz CT molecular complexity index is 525. The van der Waals surface area contributed by atoms with Gasteiger partial charge in [0.1, 0.15) is 18.1 Å². The number of hydrogen-bond donors (Lipinski definition) is 0. The zero-order chi connectivity index (χ0) is 14.5. The van der Waals surface area contributed by atoms with Crippen molar-refractivity contribution >= 4 is 13.3 Å². The maximum Gasteiger partial charge on any atom is 0.673 e. The summed E-state index contributed by atoms with van der Waals surface area (Å²) in [5, 5.41) is 0. The lowest BCUT2D eigenvalue weighted by Crippen LogP contribution is -2.23. The standard InChI is InChI=1S/C12H13N2.BF4/c1-3-11-4-6-12(7-5-11)14-9-8-13(2)10-14;2-1(3,4)5/h3-10H,1H2,2H3;/q+1;-1. The molecule has 1 aromatic heterocycles. The van der Waals surface area contributed by atoms with Crippen molar-refractivity contribution in [2.24, 2.45) is 7.05 Å². The predicted molar refractivity (Wildman–Crippen MR) is 67.2 cm³/mol. The van der Waals surface area contributed by atoms with Crippen molar-refractivity contribution in [1.82, 2.24) is 4.57 Å². The summed E-state index contributed by atoms with van der Waals surface area (Å²) in [7, 11) is -3.99. The van der Waals surface area contributed by atoms with Crippen molar-refractivity contribution in [1.29, 1.82) is 0 Å². The van der Waals surface area contributed by atoms with Crippen LogP contribution in [0.4, 0.5) is 17.3 Å². The smallest absolute Gasteiger partial charge is 0.418 e. The molecule has 2 nitrogen and oxygen atoms in total. The van der Waals surface area contributed by atoms with E-state index in [4.69, 9.17) is 0 Å². The van der Waals surface area contributed by atoms with Gasteiger partial charge < -0.3 is 17.3 Å². The summed E-state index contributed by atoms with van der Waals surface area (Å²) >= 11 is 0. The first-order valence-electron chi connectivity index (χ1n) is 5.43. The average Bonchev–Trinajstić information content (AvgIpc) is 2.74. The Balaban J connectivity index is 0.000000312. The molecule has 0 N–H and O–H groups in total. The molecule has 0 saturated heterocycles. The monoisotopic (exact) mass is 272 g/mol. The van der Waals surface area contributed by atoms with Crippen molar-refractivity contribution in [3.05, 3.63) is 55.1 Å². The quantitative estimate of drug-likeness (QED) is 0.451. The Labute approximate surface area is 108 Å². The third kappa shape index (κ3) is 5.90. The van der Waals surface area contributed by atoms with Gasteiger partial charge in [-0.05, 0) is 17.7 Å². The number of aromatic nitrogens is 2. The molecule has 0 radical (unpaired) electrons. The van der Waals surface area contributed by atoms with E-state index in [1.807, 2.05) is 36.4 Å². The molecule has 0 unspecified atom stereocenters. The highest BCUT2D eigenvalue weighted by Crippen LogP contribution is 2.09. The van der Waals surface area contributed by atoms with E-state index >= 15 is 0 Å². The number of benzene rings is 1. The summed E-state index contributed by atoms with van der Waals surface area (Å²) in [6.45, 7) is 3.73. The van der Waals surface area contributed by atoms with Crippen LogP contribution in [0.3, 0.4) is 0 Å². The number of rotatable bonds is 2. The highest BCUT2D eigenvalue weighted by Gasteiger charge is 2.20. The van der Waals surface area contributed by atoms with Crippen LogP contribution in [0.5, 0.6) is 0 Å². The molecule has 2 rings (SSSR count). The van der Waals surface area contributed by atoms with E-state index in [9.17, 15) is 17.3 Å². The van der Waals surface area contributed by atoms with Crippen LogP contribution in [-0.2, 0) is 7.05 Å². The summed E-state index contributed by atoms with van der Waals surface area (Å²) in [6.07, 6.45) is 7.92. The van der Waals surface area contributed by atoms with E-state index < -0.39 is 7.25 Å². The molecule has 0 aliphatic heterocycles. The largest absolute Gasteiger partial charge is 0.673 e. The predicted octanol–water partition coefficient (Wildman–Crippen LogP) is 3.24. The van der Waals surface area contributed by atoms with Gasteiger partial charge in [-0.25, -0.2) is 9.13 Å². The van der Waals surface area contributed by atoms with Crippen molar-refractivity contribution < 1.29 is 21.8 Å². The second-order valence-corrected chi connectivity index (χ2v) is 3.78. The summed E-state index contributed by atoms with van der Waals surface area (Å²) in [5.74, 6) is 0. The first-order valence-corrected chi connectivity index (χ1v) is 5.43. The molecule has 0 spiro atoms. The molecule has 0 saturated carbocycles. The zero-order valence-electron chi connectivity index (χ0n) is 10.3. The van der Waals surface area contributed by atoms with Crippen molar-refractivity contribution in [3.63, 3.8) is 0 Å². The Morgan fingerprint density at radius 1 is 1.16 bits per heavy atom. The average molecular weight is 272 g/mol. The number of imidazole rings is 1. The van der Waals surface area contributed by atoms with Crippen LogP contribution in [0, 0.1) is 0 Å². The van der Waals surface area contributed by atoms with Gasteiger partial charge >= 0.3 is 7.25 Å². The van der Waals surface area contributed by atoms with Gasteiger partial charge in [0.05, 0.1) is 7.05 Å². The molecule has 7 heteroatoms. The number of aryl methyl sites for hydroxylation is 1. The molecule has 1 heterocycles. The third-order valence-electron chi connectivity index (χ3n) is 2.20. The summed E-state index contributed by atoms with van der Waals surface area (Å²) < 4.78 is 43.1. The van der Waals surface area contributed by atoms with Crippen molar-refractivity contribution in [2.75, 3.05) is 0 Å². The molecular weight excluding hydrogens is 259 g/mol. The van der Waals surface area contributed by atoms with Gasteiger partial charge in [-0.15, -0.1) is 0 Å². The van der Waals surface area contributed by atoms with Crippen LogP contribution in [-0.4, -0.2) is 11.8 Å². The third-order valence-corrected chi connectivity index (χ3v) is 2.20. The van der Waals surface area contributed by atoms with Crippen molar-refractivity contribution in [2.45, 2.75) is 0 Å². The van der Waals surface area contributed by atoms with Crippen LogP contribution in [0.2, 0.25) is 0 Å². The lowest BCUT2D eigenvalue weighted by Gasteiger charge is -1.95. The number of nitrogens with zero attached hydrogens (tertiary/aromatic N) is 2. The molecule has 0 bridgehead atoms. The van der Waals surface area contributed by atoms with Crippen LogP contribution < -0.4 is 4.57 Å². The van der Waals surface area contributed by atoms with Crippen LogP contribution in [0.15, 0.2) is 49.6 Å². The Morgan fingerprint density at radius 3 is 2.05 bits per heavy atom. The molecule has 0 amide bonds. The van der Waals surface area contributed by atoms with Gasteiger partial charge in [0.25, 0.3) is 0 Å². The molecule has 1 aromatic carbocycles. The molecule has 102 valence electrons. The Hall–Kier alpha value is -2.05. The van der Waals surface area contributed by atoms with Gasteiger partial charge in [0.15, 0.2) is 0 Å².